The quantitative estimate of drug-likeness (QED) is 0.822. The second kappa shape index (κ2) is 3.43. The smallest absolute Gasteiger partial charge is 0.315 e. The maximum Gasteiger partial charge on any atom is 0.420 e. The van der Waals surface area contributed by atoms with E-state index in [4.69, 9.17) is 0 Å². The highest BCUT2D eigenvalue weighted by molar-refractivity contribution is 5.49. The zero-order valence-electron chi connectivity index (χ0n) is 8.70. The maximum atomic E-state index is 12.7. The van der Waals surface area contributed by atoms with Crippen molar-refractivity contribution in [3.05, 3.63) is 29.7 Å². The summed E-state index contributed by atoms with van der Waals surface area (Å²) in [5, 5.41) is 10.6. The first-order chi connectivity index (χ1) is 8.07. The molecule has 0 aromatic carbocycles. The Morgan fingerprint density at radius 1 is 1.29 bits per heavy atom. The summed E-state index contributed by atoms with van der Waals surface area (Å²) in [7, 11) is 0. The van der Waals surface area contributed by atoms with Gasteiger partial charge in [0, 0.05) is 25.2 Å². The van der Waals surface area contributed by atoms with Gasteiger partial charge in [0.1, 0.15) is 11.4 Å². The zero-order valence-corrected chi connectivity index (χ0v) is 8.70. The van der Waals surface area contributed by atoms with Crippen LogP contribution in [0.25, 0.3) is 5.65 Å². The molecule has 0 bridgehead atoms. The monoisotopic (exact) mass is 242 g/mol. The van der Waals surface area contributed by atoms with Gasteiger partial charge in [-0.25, -0.2) is 0 Å². The number of pyridine rings is 1. The highest BCUT2D eigenvalue weighted by atomic mass is 19.4. The Labute approximate surface area is 94.5 Å². The van der Waals surface area contributed by atoms with Gasteiger partial charge in [-0.3, -0.25) is 4.40 Å². The minimum atomic E-state index is -4.40. The molecular formula is C10H9F3N4. The molecule has 3 rings (SSSR count). The first kappa shape index (κ1) is 10.5. The number of hydrogen-bond donors (Lipinski definition) is 1. The second-order valence-electron chi connectivity index (χ2n) is 4.03. The molecule has 17 heavy (non-hydrogen) atoms. The number of halogens is 3. The van der Waals surface area contributed by atoms with Gasteiger partial charge in [0.25, 0.3) is 0 Å². The number of nitrogens with zero attached hydrogens (tertiary/aromatic N) is 3. The van der Waals surface area contributed by atoms with Gasteiger partial charge in [0.05, 0.1) is 0 Å². The first-order valence-corrected chi connectivity index (χ1v) is 5.19. The van der Waals surface area contributed by atoms with Crippen molar-refractivity contribution < 1.29 is 13.2 Å². The minimum absolute atomic E-state index is 0.123. The molecule has 0 aliphatic carbocycles. The van der Waals surface area contributed by atoms with Crippen molar-refractivity contribution in [2.45, 2.75) is 12.1 Å². The van der Waals surface area contributed by atoms with E-state index in [2.05, 4.69) is 15.5 Å². The van der Waals surface area contributed by atoms with Gasteiger partial charge in [-0.15, -0.1) is 10.2 Å². The Morgan fingerprint density at radius 2 is 2.06 bits per heavy atom. The van der Waals surface area contributed by atoms with Crippen LogP contribution >= 0.6 is 0 Å². The summed E-state index contributed by atoms with van der Waals surface area (Å²) in [6, 6.07) is 2.39. The molecule has 0 radical (unpaired) electrons. The SMILES string of the molecule is FC(F)(F)c1cccn2c(C3CNC3)nnc12. The van der Waals surface area contributed by atoms with Gasteiger partial charge in [-0.1, -0.05) is 0 Å². The van der Waals surface area contributed by atoms with Gasteiger partial charge in [0.2, 0.25) is 0 Å². The van der Waals surface area contributed by atoms with Crippen LogP contribution < -0.4 is 5.32 Å². The van der Waals surface area contributed by atoms with Crippen LogP contribution in [0.3, 0.4) is 0 Å². The fourth-order valence-corrected chi connectivity index (χ4v) is 1.90. The molecule has 0 unspecified atom stereocenters. The highest BCUT2D eigenvalue weighted by Crippen LogP contribution is 2.32. The van der Waals surface area contributed by atoms with Gasteiger partial charge in [-0.2, -0.15) is 13.2 Å². The predicted octanol–water partition coefficient (Wildman–Crippen LogP) is 1.43. The van der Waals surface area contributed by atoms with Gasteiger partial charge >= 0.3 is 6.18 Å². The number of hydrogen-bond acceptors (Lipinski definition) is 3. The topological polar surface area (TPSA) is 42.2 Å². The van der Waals surface area contributed by atoms with Gasteiger partial charge < -0.3 is 5.32 Å². The van der Waals surface area contributed by atoms with E-state index >= 15 is 0 Å². The molecule has 3 heterocycles. The summed E-state index contributed by atoms with van der Waals surface area (Å²) in [6.45, 7) is 1.47. The number of fused-ring (bicyclic) bond motifs is 1. The molecular weight excluding hydrogens is 233 g/mol. The van der Waals surface area contributed by atoms with Crippen LogP contribution in [0.15, 0.2) is 18.3 Å². The first-order valence-electron chi connectivity index (χ1n) is 5.19. The molecule has 2 aromatic rings. The highest BCUT2D eigenvalue weighted by Gasteiger charge is 2.35. The van der Waals surface area contributed by atoms with Gasteiger partial charge in [-0.05, 0) is 12.1 Å². The molecule has 0 spiro atoms. The predicted molar refractivity (Wildman–Crippen MR) is 53.6 cm³/mol. The summed E-state index contributed by atoms with van der Waals surface area (Å²) in [5.41, 5.74) is -0.868. The minimum Gasteiger partial charge on any atom is -0.315 e. The van der Waals surface area contributed by atoms with E-state index in [-0.39, 0.29) is 11.6 Å². The van der Waals surface area contributed by atoms with Crippen LogP contribution in [-0.4, -0.2) is 27.7 Å². The number of alkyl halides is 3. The van der Waals surface area contributed by atoms with Crippen molar-refractivity contribution in [2.75, 3.05) is 13.1 Å². The molecule has 90 valence electrons. The van der Waals surface area contributed by atoms with E-state index in [1.807, 2.05) is 0 Å². The Balaban J connectivity index is 2.18. The van der Waals surface area contributed by atoms with E-state index in [0.29, 0.717) is 5.82 Å². The average molecular weight is 242 g/mol. The van der Waals surface area contributed by atoms with E-state index < -0.39 is 11.7 Å². The molecule has 0 saturated carbocycles. The lowest BCUT2D eigenvalue weighted by Gasteiger charge is -2.25. The molecule has 0 atom stereocenters. The third-order valence-corrected chi connectivity index (χ3v) is 2.91. The van der Waals surface area contributed by atoms with Crippen LogP contribution in [-0.2, 0) is 6.18 Å². The maximum absolute atomic E-state index is 12.7. The number of rotatable bonds is 1. The van der Waals surface area contributed by atoms with Crippen LogP contribution in [0.5, 0.6) is 0 Å². The Morgan fingerprint density at radius 3 is 2.65 bits per heavy atom. The van der Waals surface area contributed by atoms with Crippen molar-refractivity contribution in [1.82, 2.24) is 19.9 Å². The molecule has 1 saturated heterocycles. The summed E-state index contributed by atoms with van der Waals surface area (Å²) in [6.07, 6.45) is -2.83. The van der Waals surface area contributed by atoms with Crippen LogP contribution in [0.2, 0.25) is 0 Å². The van der Waals surface area contributed by atoms with E-state index in [1.54, 1.807) is 6.20 Å². The fraction of sp³-hybridized carbons (Fsp3) is 0.400. The summed E-state index contributed by atoms with van der Waals surface area (Å²) in [4.78, 5) is 0. The van der Waals surface area contributed by atoms with Crippen molar-refractivity contribution in [3.8, 4) is 0 Å². The van der Waals surface area contributed by atoms with Crippen molar-refractivity contribution in [1.29, 1.82) is 0 Å². The molecule has 4 nitrogen and oxygen atoms in total. The fourth-order valence-electron chi connectivity index (χ4n) is 1.90. The van der Waals surface area contributed by atoms with Crippen molar-refractivity contribution >= 4 is 5.65 Å². The molecule has 2 aromatic heterocycles. The zero-order chi connectivity index (χ0) is 12.0. The van der Waals surface area contributed by atoms with Crippen LogP contribution in [0.4, 0.5) is 13.2 Å². The Kier molecular flexibility index (Phi) is 2.12. The molecule has 7 heteroatoms. The van der Waals surface area contributed by atoms with Crippen molar-refractivity contribution in [3.63, 3.8) is 0 Å². The lowest BCUT2D eigenvalue weighted by atomic mass is 10.0. The average Bonchev–Trinajstić information content (AvgIpc) is 2.58. The summed E-state index contributed by atoms with van der Waals surface area (Å²) in [5.74, 6) is 0.735. The largest absolute Gasteiger partial charge is 0.420 e. The van der Waals surface area contributed by atoms with Crippen molar-refractivity contribution in [2.24, 2.45) is 0 Å². The lowest BCUT2D eigenvalue weighted by molar-refractivity contribution is -0.136. The normalized spacial score (nSPS) is 17.4. The van der Waals surface area contributed by atoms with E-state index in [1.165, 1.54) is 10.5 Å². The second-order valence-corrected chi connectivity index (χ2v) is 4.03. The van der Waals surface area contributed by atoms with E-state index in [9.17, 15) is 13.2 Å². The molecule has 1 N–H and O–H groups in total. The number of aromatic nitrogens is 3. The lowest BCUT2D eigenvalue weighted by Crippen LogP contribution is -2.40. The Hall–Kier alpha value is -1.63. The third-order valence-electron chi connectivity index (χ3n) is 2.91. The molecule has 1 aliphatic heterocycles. The Bertz CT molecular complexity index is 556. The standard InChI is InChI=1S/C10H9F3N4/c11-10(12,13)7-2-1-3-17-8(6-4-14-5-6)15-16-9(7)17/h1-3,6,14H,4-5H2. The summed E-state index contributed by atoms with van der Waals surface area (Å²) < 4.78 is 39.6. The van der Waals surface area contributed by atoms with Crippen LogP contribution in [0.1, 0.15) is 17.3 Å². The molecule has 0 amide bonds. The summed E-state index contributed by atoms with van der Waals surface area (Å²) >= 11 is 0. The van der Waals surface area contributed by atoms with E-state index in [0.717, 1.165) is 19.2 Å². The molecule has 1 fully saturated rings. The third kappa shape index (κ3) is 1.57. The number of nitrogens with one attached hydrogen (secondary N) is 1. The van der Waals surface area contributed by atoms with Gasteiger partial charge in [0.15, 0.2) is 5.65 Å². The van der Waals surface area contributed by atoms with Crippen LogP contribution in [0, 0.1) is 0 Å². The molecule has 1 aliphatic rings.